The summed E-state index contributed by atoms with van der Waals surface area (Å²) < 4.78 is 8.14. The van der Waals surface area contributed by atoms with Gasteiger partial charge in [0.1, 0.15) is 17.1 Å². The van der Waals surface area contributed by atoms with Crippen LogP contribution in [0.25, 0.3) is 21.9 Å². The smallest absolute Gasteiger partial charge is 0.349 e. The number of imidazole rings is 1. The zero-order valence-corrected chi connectivity index (χ0v) is 19.8. The van der Waals surface area contributed by atoms with Gasteiger partial charge in [-0.3, -0.25) is 0 Å². The second kappa shape index (κ2) is 9.58. The first-order chi connectivity index (χ1) is 17.0. The summed E-state index contributed by atoms with van der Waals surface area (Å²) in [5.41, 5.74) is 4.64. The number of carboxylic acid groups (broad SMARTS) is 1. The number of aryl methyl sites for hydroxylation is 2. The Bertz CT molecular complexity index is 1500. The normalized spacial score (nSPS) is 12.2. The van der Waals surface area contributed by atoms with Crippen molar-refractivity contribution in [3.05, 3.63) is 102 Å². The lowest BCUT2D eigenvalue weighted by Crippen LogP contribution is -2.18. The van der Waals surface area contributed by atoms with Crippen molar-refractivity contribution in [3.63, 3.8) is 0 Å². The second-order valence-corrected chi connectivity index (χ2v) is 8.71. The third-order valence-electron chi connectivity index (χ3n) is 6.24. The summed E-state index contributed by atoms with van der Waals surface area (Å²) in [4.78, 5) is 21.6. The van der Waals surface area contributed by atoms with Gasteiger partial charge < -0.3 is 14.4 Å². The van der Waals surface area contributed by atoms with Crippen molar-refractivity contribution in [2.75, 3.05) is 0 Å². The molecular formula is C29H27N3O3. The van der Waals surface area contributed by atoms with E-state index in [2.05, 4.69) is 23.4 Å². The quantitative estimate of drug-likeness (QED) is 0.300. The number of aliphatic carboxylic acids is 1. The van der Waals surface area contributed by atoms with Gasteiger partial charge in [-0.15, -0.1) is 0 Å². The number of ether oxygens (including phenoxy) is 1. The van der Waals surface area contributed by atoms with Crippen molar-refractivity contribution in [1.82, 2.24) is 14.5 Å². The molecule has 0 aliphatic carbocycles. The standard InChI is InChI=1S/C29H27N3O3/c1-3-7-25-31-26-19(2)16-17-30-28(26)32(25)18-20-12-14-22(15-13-20)35-27(29(33)34)24-11-6-9-21-8-4-5-10-23(21)24/h4-6,8-17,27H,3,7,18H2,1-2H3,(H,33,34). The highest BCUT2D eigenvalue weighted by Crippen LogP contribution is 2.29. The highest BCUT2D eigenvalue weighted by molar-refractivity contribution is 5.90. The maximum absolute atomic E-state index is 12.1. The van der Waals surface area contributed by atoms with E-state index >= 15 is 0 Å². The predicted octanol–water partition coefficient (Wildman–Crippen LogP) is 6.10. The number of pyridine rings is 1. The molecule has 0 saturated heterocycles. The van der Waals surface area contributed by atoms with Crippen molar-refractivity contribution >= 4 is 27.9 Å². The van der Waals surface area contributed by atoms with Gasteiger partial charge in [0.2, 0.25) is 6.10 Å². The number of nitrogens with zero attached hydrogens (tertiary/aromatic N) is 3. The molecule has 6 nitrogen and oxygen atoms in total. The summed E-state index contributed by atoms with van der Waals surface area (Å²) in [6, 6.07) is 22.9. The molecule has 0 radical (unpaired) electrons. The molecule has 0 fully saturated rings. The topological polar surface area (TPSA) is 77.2 Å². The Morgan fingerprint density at radius 1 is 1.03 bits per heavy atom. The van der Waals surface area contributed by atoms with Crippen LogP contribution in [0.5, 0.6) is 5.75 Å². The first-order valence-electron chi connectivity index (χ1n) is 11.8. The largest absolute Gasteiger partial charge is 0.478 e. The van der Waals surface area contributed by atoms with E-state index in [4.69, 9.17) is 9.72 Å². The number of rotatable bonds is 8. The van der Waals surface area contributed by atoms with Crippen LogP contribution in [0, 0.1) is 6.92 Å². The van der Waals surface area contributed by atoms with Gasteiger partial charge in [-0.05, 0) is 53.4 Å². The Labute approximate surface area is 203 Å². The number of carbonyl (C=O) groups is 1. The number of carboxylic acids is 1. The van der Waals surface area contributed by atoms with Crippen LogP contribution >= 0.6 is 0 Å². The van der Waals surface area contributed by atoms with Crippen LogP contribution in [0.4, 0.5) is 0 Å². The maximum atomic E-state index is 12.1. The number of fused-ring (bicyclic) bond motifs is 2. The van der Waals surface area contributed by atoms with Gasteiger partial charge >= 0.3 is 5.97 Å². The molecule has 5 rings (SSSR count). The molecule has 1 unspecified atom stereocenters. The molecule has 0 spiro atoms. The molecule has 0 amide bonds. The van der Waals surface area contributed by atoms with E-state index in [0.29, 0.717) is 17.9 Å². The van der Waals surface area contributed by atoms with E-state index in [-0.39, 0.29) is 0 Å². The fraction of sp³-hybridized carbons (Fsp3) is 0.207. The number of aromatic nitrogens is 3. The Balaban J connectivity index is 1.42. The maximum Gasteiger partial charge on any atom is 0.349 e. The molecule has 0 aliphatic heterocycles. The van der Waals surface area contributed by atoms with Gasteiger partial charge in [-0.1, -0.05) is 61.5 Å². The molecular weight excluding hydrogens is 438 g/mol. The van der Waals surface area contributed by atoms with Crippen LogP contribution < -0.4 is 4.74 Å². The zero-order valence-electron chi connectivity index (χ0n) is 19.8. The third kappa shape index (κ3) is 4.47. The molecule has 0 bridgehead atoms. The molecule has 35 heavy (non-hydrogen) atoms. The number of hydrogen-bond acceptors (Lipinski definition) is 4. The highest BCUT2D eigenvalue weighted by atomic mass is 16.5. The minimum Gasteiger partial charge on any atom is -0.478 e. The summed E-state index contributed by atoms with van der Waals surface area (Å²) in [6.07, 6.45) is 2.59. The summed E-state index contributed by atoms with van der Waals surface area (Å²) in [5.74, 6) is 0.500. The Kier molecular flexibility index (Phi) is 6.19. The van der Waals surface area contributed by atoms with Gasteiger partial charge in [-0.25, -0.2) is 14.8 Å². The second-order valence-electron chi connectivity index (χ2n) is 8.71. The number of benzene rings is 3. The highest BCUT2D eigenvalue weighted by Gasteiger charge is 2.24. The Morgan fingerprint density at radius 3 is 2.57 bits per heavy atom. The van der Waals surface area contributed by atoms with E-state index in [1.54, 1.807) is 0 Å². The SMILES string of the molecule is CCCc1nc2c(C)ccnc2n1Cc1ccc(OC(C(=O)O)c2cccc3ccccc23)cc1. The van der Waals surface area contributed by atoms with Crippen LogP contribution in [0.1, 0.15) is 42.0 Å². The lowest BCUT2D eigenvalue weighted by atomic mass is 10.0. The van der Waals surface area contributed by atoms with Gasteiger partial charge in [-0.2, -0.15) is 0 Å². The van der Waals surface area contributed by atoms with E-state index in [1.807, 2.05) is 79.0 Å². The van der Waals surface area contributed by atoms with Crippen molar-refractivity contribution in [2.45, 2.75) is 39.3 Å². The summed E-state index contributed by atoms with van der Waals surface area (Å²) >= 11 is 0. The Morgan fingerprint density at radius 2 is 1.80 bits per heavy atom. The molecule has 176 valence electrons. The average Bonchev–Trinajstić information content (AvgIpc) is 3.21. The lowest BCUT2D eigenvalue weighted by Gasteiger charge is -2.18. The van der Waals surface area contributed by atoms with Crippen LogP contribution in [-0.2, 0) is 17.8 Å². The summed E-state index contributed by atoms with van der Waals surface area (Å²) in [5, 5.41) is 11.8. The van der Waals surface area contributed by atoms with Crippen LogP contribution in [0.3, 0.4) is 0 Å². The third-order valence-corrected chi connectivity index (χ3v) is 6.24. The molecule has 2 heterocycles. The molecule has 0 saturated carbocycles. The summed E-state index contributed by atoms with van der Waals surface area (Å²) in [7, 11) is 0. The zero-order chi connectivity index (χ0) is 24.4. The fourth-order valence-electron chi connectivity index (χ4n) is 4.48. The molecule has 2 aromatic heterocycles. The minimum atomic E-state index is -1.10. The first kappa shape index (κ1) is 22.6. The van der Waals surface area contributed by atoms with Gasteiger partial charge in [0, 0.05) is 18.2 Å². The minimum absolute atomic E-state index is 0.507. The molecule has 5 aromatic rings. The molecule has 1 atom stereocenters. The molecule has 0 aliphatic rings. The van der Waals surface area contributed by atoms with Crippen LogP contribution in [-0.4, -0.2) is 25.6 Å². The van der Waals surface area contributed by atoms with Crippen molar-refractivity contribution in [1.29, 1.82) is 0 Å². The van der Waals surface area contributed by atoms with E-state index < -0.39 is 12.1 Å². The van der Waals surface area contributed by atoms with E-state index in [0.717, 1.165) is 51.7 Å². The van der Waals surface area contributed by atoms with Gasteiger partial charge in [0.25, 0.3) is 0 Å². The van der Waals surface area contributed by atoms with Gasteiger partial charge in [0.05, 0.1) is 6.54 Å². The van der Waals surface area contributed by atoms with Crippen molar-refractivity contribution in [2.24, 2.45) is 0 Å². The number of hydrogen-bond donors (Lipinski definition) is 1. The van der Waals surface area contributed by atoms with Crippen LogP contribution in [0.2, 0.25) is 0 Å². The van der Waals surface area contributed by atoms with Gasteiger partial charge in [0.15, 0.2) is 5.65 Å². The van der Waals surface area contributed by atoms with E-state index in [1.165, 1.54) is 0 Å². The van der Waals surface area contributed by atoms with Crippen molar-refractivity contribution < 1.29 is 14.6 Å². The molecule has 6 heteroatoms. The predicted molar refractivity (Wildman–Crippen MR) is 137 cm³/mol. The fourth-order valence-corrected chi connectivity index (χ4v) is 4.48. The monoisotopic (exact) mass is 465 g/mol. The summed E-state index contributed by atoms with van der Waals surface area (Å²) in [6.45, 7) is 4.83. The van der Waals surface area contributed by atoms with Crippen molar-refractivity contribution in [3.8, 4) is 5.75 Å². The molecule has 1 N–H and O–H groups in total. The average molecular weight is 466 g/mol. The lowest BCUT2D eigenvalue weighted by molar-refractivity contribution is -0.145. The Hall–Kier alpha value is -4.19. The molecule has 3 aromatic carbocycles. The first-order valence-corrected chi connectivity index (χ1v) is 11.8. The van der Waals surface area contributed by atoms with E-state index in [9.17, 15) is 9.90 Å². The van der Waals surface area contributed by atoms with Crippen LogP contribution in [0.15, 0.2) is 79.0 Å².